The molecule has 0 bridgehead atoms. The first kappa shape index (κ1) is 13.1. The van der Waals surface area contributed by atoms with Crippen molar-refractivity contribution in [1.29, 1.82) is 0 Å². The van der Waals surface area contributed by atoms with Crippen molar-refractivity contribution in [3.63, 3.8) is 0 Å². The standard InChI is InChI=1S/C10H9NO4S3/c1-6-4-8(17-9(6)10(12)13)18(14,15)11-7-2-3-16-5-7/h2-5,11H,1H3,(H,12,13). The minimum atomic E-state index is -3.71. The van der Waals surface area contributed by atoms with Crippen LogP contribution in [0.4, 0.5) is 5.69 Å². The van der Waals surface area contributed by atoms with Crippen LogP contribution >= 0.6 is 22.7 Å². The zero-order valence-electron chi connectivity index (χ0n) is 9.21. The Morgan fingerprint density at radius 2 is 2.17 bits per heavy atom. The van der Waals surface area contributed by atoms with Gasteiger partial charge in [-0.2, -0.15) is 11.3 Å². The number of anilines is 1. The van der Waals surface area contributed by atoms with Gasteiger partial charge in [0.1, 0.15) is 9.09 Å². The SMILES string of the molecule is Cc1cc(S(=O)(=O)Nc2ccsc2)sc1C(=O)O. The van der Waals surface area contributed by atoms with Gasteiger partial charge in [0.25, 0.3) is 10.0 Å². The van der Waals surface area contributed by atoms with Crippen LogP contribution in [0, 0.1) is 6.92 Å². The molecule has 18 heavy (non-hydrogen) atoms. The van der Waals surface area contributed by atoms with Gasteiger partial charge in [-0.05, 0) is 30.0 Å². The van der Waals surface area contributed by atoms with E-state index in [1.165, 1.54) is 17.4 Å². The Morgan fingerprint density at radius 1 is 1.44 bits per heavy atom. The summed E-state index contributed by atoms with van der Waals surface area (Å²) in [5.74, 6) is -1.12. The lowest BCUT2D eigenvalue weighted by Crippen LogP contribution is -2.10. The molecule has 0 atom stereocenters. The van der Waals surface area contributed by atoms with E-state index in [1.54, 1.807) is 23.8 Å². The molecule has 0 fully saturated rings. The third-order valence-corrected chi connectivity index (χ3v) is 5.89. The first-order valence-electron chi connectivity index (χ1n) is 4.79. The summed E-state index contributed by atoms with van der Waals surface area (Å²) in [4.78, 5) is 10.9. The second-order valence-electron chi connectivity index (χ2n) is 3.50. The van der Waals surface area contributed by atoms with Gasteiger partial charge in [0.05, 0.1) is 5.69 Å². The highest BCUT2D eigenvalue weighted by atomic mass is 32.2. The van der Waals surface area contributed by atoms with Gasteiger partial charge in [0.2, 0.25) is 0 Å². The quantitative estimate of drug-likeness (QED) is 0.909. The first-order valence-corrected chi connectivity index (χ1v) is 8.03. The number of aromatic carboxylic acids is 1. The van der Waals surface area contributed by atoms with E-state index < -0.39 is 16.0 Å². The Morgan fingerprint density at radius 3 is 2.67 bits per heavy atom. The van der Waals surface area contributed by atoms with Gasteiger partial charge in [-0.25, -0.2) is 13.2 Å². The fourth-order valence-electron chi connectivity index (χ4n) is 1.33. The number of carbonyl (C=O) groups is 1. The van der Waals surface area contributed by atoms with E-state index >= 15 is 0 Å². The predicted molar refractivity (Wildman–Crippen MR) is 71.1 cm³/mol. The summed E-state index contributed by atoms with van der Waals surface area (Å²) in [5.41, 5.74) is 0.918. The smallest absolute Gasteiger partial charge is 0.346 e. The van der Waals surface area contributed by atoms with E-state index in [0.717, 1.165) is 11.3 Å². The minimum absolute atomic E-state index is 0.00333. The number of hydrogen-bond donors (Lipinski definition) is 2. The Bertz CT molecular complexity index is 670. The highest BCUT2D eigenvalue weighted by Gasteiger charge is 2.21. The average Bonchev–Trinajstić information content (AvgIpc) is 2.86. The molecule has 2 rings (SSSR count). The Hall–Kier alpha value is -1.38. The predicted octanol–water partition coefficient (Wildman–Crippen LogP) is 2.62. The van der Waals surface area contributed by atoms with Crippen molar-refractivity contribution in [3.05, 3.63) is 33.3 Å². The lowest BCUT2D eigenvalue weighted by molar-refractivity contribution is 0.0701. The molecule has 0 amide bonds. The van der Waals surface area contributed by atoms with Crippen LogP contribution in [0.5, 0.6) is 0 Å². The van der Waals surface area contributed by atoms with Crippen molar-refractivity contribution in [1.82, 2.24) is 0 Å². The minimum Gasteiger partial charge on any atom is -0.477 e. The van der Waals surface area contributed by atoms with Crippen molar-refractivity contribution >= 4 is 44.4 Å². The number of sulfonamides is 1. The van der Waals surface area contributed by atoms with Crippen LogP contribution in [0.2, 0.25) is 0 Å². The van der Waals surface area contributed by atoms with Crippen molar-refractivity contribution in [2.24, 2.45) is 0 Å². The number of aryl methyl sites for hydroxylation is 1. The molecule has 0 unspecified atom stereocenters. The number of rotatable bonds is 4. The van der Waals surface area contributed by atoms with Gasteiger partial charge in [0.15, 0.2) is 0 Å². The lowest BCUT2D eigenvalue weighted by Gasteiger charge is -2.02. The van der Waals surface area contributed by atoms with Gasteiger partial charge in [-0.3, -0.25) is 4.72 Å². The zero-order chi connectivity index (χ0) is 13.3. The molecular formula is C10H9NO4S3. The van der Waals surface area contributed by atoms with Crippen LogP contribution in [0.25, 0.3) is 0 Å². The molecule has 96 valence electrons. The highest BCUT2D eigenvalue weighted by molar-refractivity contribution is 7.94. The fraction of sp³-hybridized carbons (Fsp3) is 0.100. The summed E-state index contributed by atoms with van der Waals surface area (Å²) in [6.45, 7) is 1.57. The average molecular weight is 303 g/mol. The first-order chi connectivity index (χ1) is 8.40. The van der Waals surface area contributed by atoms with E-state index in [0.29, 0.717) is 11.3 Å². The van der Waals surface area contributed by atoms with Crippen molar-refractivity contribution < 1.29 is 18.3 Å². The molecule has 8 heteroatoms. The van der Waals surface area contributed by atoms with Gasteiger partial charge >= 0.3 is 5.97 Å². The maximum Gasteiger partial charge on any atom is 0.346 e. The molecule has 0 radical (unpaired) electrons. The zero-order valence-corrected chi connectivity index (χ0v) is 11.7. The number of carboxylic acid groups (broad SMARTS) is 1. The van der Waals surface area contributed by atoms with Gasteiger partial charge in [0, 0.05) is 5.38 Å². The largest absolute Gasteiger partial charge is 0.477 e. The molecule has 2 heterocycles. The molecular weight excluding hydrogens is 294 g/mol. The summed E-state index contributed by atoms with van der Waals surface area (Å²) in [6.07, 6.45) is 0. The number of carboxylic acids is 1. The van der Waals surface area contributed by atoms with E-state index in [9.17, 15) is 13.2 Å². The topological polar surface area (TPSA) is 83.5 Å². The lowest BCUT2D eigenvalue weighted by atomic mass is 10.3. The molecule has 5 nitrogen and oxygen atoms in total. The summed E-state index contributed by atoms with van der Waals surface area (Å²) < 4.78 is 26.4. The number of thiophene rings is 2. The van der Waals surface area contributed by atoms with Crippen LogP contribution in [0.15, 0.2) is 27.1 Å². The van der Waals surface area contributed by atoms with Crippen LogP contribution < -0.4 is 4.72 Å². The van der Waals surface area contributed by atoms with Crippen molar-refractivity contribution in [2.75, 3.05) is 4.72 Å². The van der Waals surface area contributed by atoms with Crippen LogP contribution in [0.1, 0.15) is 15.2 Å². The fourth-order valence-corrected chi connectivity index (χ4v) is 4.42. The second kappa shape index (κ2) is 4.71. The van der Waals surface area contributed by atoms with Gasteiger partial charge < -0.3 is 5.11 Å². The molecule has 0 saturated carbocycles. The maximum absolute atomic E-state index is 12.0. The Kier molecular flexibility index (Phi) is 3.42. The highest BCUT2D eigenvalue weighted by Crippen LogP contribution is 2.28. The summed E-state index contributed by atoms with van der Waals surface area (Å²) >= 11 is 2.12. The van der Waals surface area contributed by atoms with Crippen molar-refractivity contribution in [2.45, 2.75) is 11.1 Å². The maximum atomic E-state index is 12.0. The molecule has 0 aliphatic heterocycles. The molecule has 0 aliphatic carbocycles. The summed E-state index contributed by atoms with van der Waals surface area (Å²) in [5, 5.41) is 12.3. The summed E-state index contributed by atoms with van der Waals surface area (Å²) in [7, 11) is -3.71. The van der Waals surface area contributed by atoms with E-state index in [1.807, 2.05) is 0 Å². The van der Waals surface area contributed by atoms with Crippen LogP contribution in [-0.2, 0) is 10.0 Å². The molecule has 0 aromatic carbocycles. The van der Waals surface area contributed by atoms with E-state index in [-0.39, 0.29) is 9.09 Å². The molecule has 0 spiro atoms. The second-order valence-corrected chi connectivity index (χ2v) is 7.24. The molecule has 2 N–H and O–H groups in total. The monoisotopic (exact) mass is 303 g/mol. The van der Waals surface area contributed by atoms with Crippen LogP contribution in [-0.4, -0.2) is 19.5 Å². The molecule has 0 aliphatic rings. The summed E-state index contributed by atoms with van der Waals surface area (Å²) in [6, 6.07) is 3.00. The molecule has 2 aromatic rings. The Labute approximate surface area is 112 Å². The number of nitrogens with one attached hydrogen (secondary N) is 1. The van der Waals surface area contributed by atoms with Crippen LogP contribution in [0.3, 0.4) is 0 Å². The van der Waals surface area contributed by atoms with E-state index in [4.69, 9.17) is 5.11 Å². The molecule has 2 aromatic heterocycles. The van der Waals surface area contributed by atoms with Gasteiger partial charge in [-0.1, -0.05) is 0 Å². The number of hydrogen-bond acceptors (Lipinski definition) is 5. The molecule has 0 saturated heterocycles. The van der Waals surface area contributed by atoms with E-state index in [2.05, 4.69) is 4.72 Å². The van der Waals surface area contributed by atoms with Crippen molar-refractivity contribution in [3.8, 4) is 0 Å². The third kappa shape index (κ3) is 2.55. The normalized spacial score (nSPS) is 11.4. The van der Waals surface area contributed by atoms with Gasteiger partial charge in [-0.15, -0.1) is 11.3 Å². The Balaban J connectivity index is 2.36. The third-order valence-electron chi connectivity index (χ3n) is 2.13.